The second-order valence-corrected chi connectivity index (χ2v) is 9.14. The van der Waals surface area contributed by atoms with Crippen molar-refractivity contribution in [3.8, 4) is 5.69 Å². The van der Waals surface area contributed by atoms with E-state index in [0.717, 1.165) is 39.2 Å². The van der Waals surface area contributed by atoms with Crippen molar-refractivity contribution in [1.29, 1.82) is 0 Å². The number of hydrogen-bond donors (Lipinski definition) is 0. The van der Waals surface area contributed by atoms with Gasteiger partial charge in [0, 0.05) is 11.4 Å². The number of anilines is 3. The number of para-hydroxylation sites is 8. The normalized spacial score (nSPS) is 12.3. The Labute approximate surface area is 240 Å². The van der Waals surface area contributed by atoms with Crippen LogP contribution in [0.2, 0.25) is 0 Å². The molecule has 0 amide bonds. The summed E-state index contributed by atoms with van der Waals surface area (Å²) in [6, 6.07) is 47.5. The van der Waals surface area contributed by atoms with Gasteiger partial charge in [-0.15, -0.1) is 11.8 Å². The molecule has 6 heteroatoms. The van der Waals surface area contributed by atoms with E-state index in [1.165, 1.54) is 11.4 Å². The summed E-state index contributed by atoms with van der Waals surface area (Å²) in [5.41, 5.74) is 8.92. The predicted molar refractivity (Wildman–Crippen MR) is 155 cm³/mol. The van der Waals surface area contributed by atoms with Crippen molar-refractivity contribution in [3.05, 3.63) is 140 Å². The van der Waals surface area contributed by atoms with Gasteiger partial charge in [0.1, 0.15) is 0 Å². The van der Waals surface area contributed by atoms with Gasteiger partial charge >= 0.3 is 20.1 Å². The molecule has 0 atom stereocenters. The number of aromatic nitrogens is 3. The predicted octanol–water partition coefficient (Wildman–Crippen LogP) is 7.42. The molecule has 2 aromatic heterocycles. The molecule has 0 saturated heterocycles. The van der Waals surface area contributed by atoms with E-state index in [1.807, 2.05) is 42.5 Å². The summed E-state index contributed by atoms with van der Waals surface area (Å²) in [6.07, 6.45) is 0. The van der Waals surface area contributed by atoms with E-state index in [9.17, 15) is 0 Å². The van der Waals surface area contributed by atoms with Crippen LogP contribution in [0.25, 0.3) is 33.5 Å². The fourth-order valence-corrected chi connectivity index (χ4v) is 5.10. The largest absolute Gasteiger partial charge is 3.00 e. The Morgan fingerprint density at radius 3 is 1.92 bits per heavy atom. The summed E-state index contributed by atoms with van der Waals surface area (Å²) in [4.78, 5) is 9.10. The zero-order chi connectivity index (χ0) is 25.5. The molecule has 39 heavy (non-hydrogen) atoms. The Balaban J connectivity index is 0.000000145. The molecule has 0 saturated carbocycles. The van der Waals surface area contributed by atoms with Crippen LogP contribution >= 0.6 is 0 Å². The van der Waals surface area contributed by atoms with E-state index in [1.54, 1.807) is 0 Å². The molecule has 0 fully saturated rings. The van der Waals surface area contributed by atoms with Gasteiger partial charge in [0.2, 0.25) is 5.78 Å². The Kier molecular flexibility index (Phi) is 6.65. The van der Waals surface area contributed by atoms with Crippen LogP contribution in [0.1, 0.15) is 0 Å². The van der Waals surface area contributed by atoms with Gasteiger partial charge in [-0.1, -0.05) is 42.1 Å². The quantitative estimate of drug-likeness (QED) is 0.178. The van der Waals surface area contributed by atoms with E-state index in [2.05, 4.69) is 123 Å². The van der Waals surface area contributed by atoms with Gasteiger partial charge in [0.15, 0.2) is 0 Å². The van der Waals surface area contributed by atoms with Gasteiger partial charge in [-0.05, 0) is 43.4 Å². The zero-order valence-corrected chi connectivity index (χ0v) is 23.6. The molecule has 0 N–H and O–H groups in total. The Bertz CT molecular complexity index is 1870. The first-order valence-corrected chi connectivity index (χ1v) is 12.6. The number of benzene rings is 5. The fraction of sp³-hybridized carbons (Fsp3) is 0.0303. The van der Waals surface area contributed by atoms with Crippen molar-refractivity contribution in [3.63, 3.8) is 0 Å². The second-order valence-electron chi connectivity index (χ2n) is 9.14. The monoisotopic (exact) mass is 683 g/mol. The SMILES string of the molecule is CN1[CH-]N(c2[c-]cccc2)c2ccccc21.[Ir+3].[c-]1ccccc1-n1c2ccccc2n2c3ccccc3nc12. The minimum atomic E-state index is 0. The summed E-state index contributed by atoms with van der Waals surface area (Å²) in [5, 5.41) is 0. The van der Waals surface area contributed by atoms with Crippen LogP contribution in [-0.4, -0.2) is 21.0 Å². The minimum Gasteiger partial charge on any atom is -0.504 e. The minimum absolute atomic E-state index is 0. The number of fused-ring (bicyclic) bond motifs is 6. The third kappa shape index (κ3) is 4.28. The average Bonchev–Trinajstić information content (AvgIpc) is 3.63. The molecule has 0 radical (unpaired) electrons. The van der Waals surface area contributed by atoms with Crippen molar-refractivity contribution in [1.82, 2.24) is 14.0 Å². The van der Waals surface area contributed by atoms with Gasteiger partial charge in [-0.3, -0.25) is 4.40 Å². The molecule has 5 nitrogen and oxygen atoms in total. The molecule has 1 aliphatic heterocycles. The van der Waals surface area contributed by atoms with Gasteiger partial charge in [-0.2, -0.15) is 61.3 Å². The third-order valence-electron chi connectivity index (χ3n) is 6.80. The van der Waals surface area contributed by atoms with Gasteiger partial charge in [0.05, 0.1) is 22.1 Å². The second kappa shape index (κ2) is 10.4. The number of rotatable bonds is 2. The zero-order valence-electron chi connectivity index (χ0n) is 21.2. The van der Waals surface area contributed by atoms with Crippen molar-refractivity contribution in [2.24, 2.45) is 0 Å². The van der Waals surface area contributed by atoms with Crippen LogP contribution < -0.4 is 9.80 Å². The molecule has 5 aromatic carbocycles. The first kappa shape index (κ1) is 24.9. The molecule has 0 aliphatic carbocycles. The molecule has 8 rings (SSSR count). The van der Waals surface area contributed by atoms with E-state index < -0.39 is 0 Å². The van der Waals surface area contributed by atoms with Crippen LogP contribution in [0, 0.1) is 18.8 Å². The maximum absolute atomic E-state index is 4.83. The first-order chi connectivity index (χ1) is 18.8. The third-order valence-corrected chi connectivity index (χ3v) is 6.80. The maximum Gasteiger partial charge on any atom is 3.00 e. The Morgan fingerprint density at radius 2 is 1.21 bits per heavy atom. The standard InChI is InChI=1S/C19H12N3.C14H12N2.Ir/c1-2-8-14(9-3-1)21-17-12-6-7-13-18(17)22-16-11-5-4-10-15(16)20-19(21)22;1-15-11-16(12-7-3-2-4-8-12)14-10-6-5-9-13(14)15;/h1-8,10-13H;2-7,9-11H,1H3;/q-1;-2;+3. The van der Waals surface area contributed by atoms with E-state index in [4.69, 9.17) is 4.98 Å². The van der Waals surface area contributed by atoms with Crippen LogP contribution in [0.4, 0.5) is 17.1 Å². The molecule has 0 spiro atoms. The van der Waals surface area contributed by atoms with Crippen LogP contribution in [-0.2, 0) is 20.1 Å². The number of nitrogens with zero attached hydrogens (tertiary/aromatic N) is 5. The summed E-state index contributed by atoms with van der Waals surface area (Å²) < 4.78 is 4.38. The van der Waals surface area contributed by atoms with Gasteiger partial charge in [0.25, 0.3) is 0 Å². The van der Waals surface area contributed by atoms with E-state index in [0.29, 0.717) is 0 Å². The number of imidazole rings is 2. The molecule has 7 aromatic rings. The molecular formula is C33H24IrN5. The van der Waals surface area contributed by atoms with Crippen molar-refractivity contribution in [2.75, 3.05) is 16.8 Å². The molecule has 3 heterocycles. The Hall–Kier alpha value is -4.38. The molecule has 190 valence electrons. The maximum atomic E-state index is 4.83. The molecule has 0 bridgehead atoms. The van der Waals surface area contributed by atoms with Gasteiger partial charge < -0.3 is 14.4 Å². The van der Waals surface area contributed by atoms with Gasteiger partial charge in [-0.25, -0.2) is 4.98 Å². The fourth-order valence-electron chi connectivity index (χ4n) is 5.10. The van der Waals surface area contributed by atoms with Crippen molar-refractivity contribution >= 4 is 44.9 Å². The smallest absolute Gasteiger partial charge is 0.504 e. The molecule has 1 aliphatic rings. The summed E-state index contributed by atoms with van der Waals surface area (Å²) in [6.45, 7) is 2.08. The summed E-state index contributed by atoms with van der Waals surface area (Å²) >= 11 is 0. The molecule has 0 unspecified atom stereocenters. The van der Waals surface area contributed by atoms with E-state index in [-0.39, 0.29) is 20.1 Å². The number of hydrogen-bond acceptors (Lipinski definition) is 3. The molecular weight excluding hydrogens is 659 g/mol. The topological polar surface area (TPSA) is 28.7 Å². The van der Waals surface area contributed by atoms with Crippen LogP contribution in [0.15, 0.2) is 121 Å². The van der Waals surface area contributed by atoms with Crippen LogP contribution in [0.5, 0.6) is 0 Å². The van der Waals surface area contributed by atoms with E-state index >= 15 is 0 Å². The summed E-state index contributed by atoms with van der Waals surface area (Å²) in [7, 11) is 2.06. The Morgan fingerprint density at radius 1 is 0.615 bits per heavy atom. The summed E-state index contributed by atoms with van der Waals surface area (Å²) in [5.74, 6) is 0.921. The van der Waals surface area contributed by atoms with Crippen molar-refractivity contribution < 1.29 is 20.1 Å². The first-order valence-electron chi connectivity index (χ1n) is 12.6. The average molecular weight is 683 g/mol. The van der Waals surface area contributed by atoms with Crippen LogP contribution in [0.3, 0.4) is 0 Å². The van der Waals surface area contributed by atoms with Crippen molar-refractivity contribution in [2.45, 2.75) is 0 Å².